The van der Waals surface area contributed by atoms with Gasteiger partial charge in [0, 0.05) is 23.7 Å². The van der Waals surface area contributed by atoms with Gasteiger partial charge in [0.15, 0.2) is 0 Å². The van der Waals surface area contributed by atoms with Crippen LogP contribution in [0.4, 0.5) is 5.69 Å². The molecule has 0 heterocycles. The molecule has 0 saturated heterocycles. The lowest BCUT2D eigenvalue weighted by atomic mass is 10.1. The Morgan fingerprint density at radius 3 is 2.48 bits per heavy atom. The minimum atomic E-state index is -1.10. The van der Waals surface area contributed by atoms with Crippen molar-refractivity contribution >= 4 is 17.6 Å². The van der Waals surface area contributed by atoms with Crippen LogP contribution in [-0.4, -0.2) is 22.8 Å². The lowest BCUT2D eigenvalue weighted by Gasteiger charge is -2.18. The van der Waals surface area contributed by atoms with E-state index >= 15 is 0 Å². The zero-order valence-electron chi connectivity index (χ0n) is 13.3. The van der Waals surface area contributed by atoms with E-state index in [0.29, 0.717) is 5.56 Å². The predicted octanol–water partition coefficient (Wildman–Crippen LogP) is 2.77. The van der Waals surface area contributed by atoms with Crippen molar-refractivity contribution in [2.75, 3.05) is 0 Å². The number of nitro benzene ring substituents is 1. The maximum atomic E-state index is 12.4. The van der Waals surface area contributed by atoms with Crippen molar-refractivity contribution in [3.8, 4) is 0 Å². The van der Waals surface area contributed by atoms with Gasteiger partial charge in [-0.1, -0.05) is 36.4 Å². The molecule has 1 N–H and O–H groups in total. The van der Waals surface area contributed by atoms with E-state index in [1.54, 1.807) is 30.3 Å². The van der Waals surface area contributed by atoms with E-state index in [-0.39, 0.29) is 17.3 Å². The minimum absolute atomic E-state index is 0.0225. The van der Waals surface area contributed by atoms with Crippen molar-refractivity contribution in [2.24, 2.45) is 0 Å². The highest BCUT2D eigenvalue weighted by Gasteiger charge is 2.31. The summed E-state index contributed by atoms with van der Waals surface area (Å²) in [5.41, 5.74) is 0.349. The molecule has 0 radical (unpaired) electrons. The van der Waals surface area contributed by atoms with Crippen LogP contribution in [0.1, 0.15) is 34.9 Å². The van der Waals surface area contributed by atoms with Crippen molar-refractivity contribution in [3.05, 3.63) is 75.8 Å². The molecule has 1 aliphatic rings. The van der Waals surface area contributed by atoms with Crippen LogP contribution in [0.3, 0.4) is 0 Å². The third-order valence-electron chi connectivity index (χ3n) is 3.78. The first-order valence-electron chi connectivity index (χ1n) is 7.85. The minimum Gasteiger partial charge on any atom is -0.444 e. The second kappa shape index (κ2) is 7.12. The zero-order valence-corrected chi connectivity index (χ0v) is 13.3. The summed E-state index contributed by atoms with van der Waals surface area (Å²) in [5.74, 6) is -1.18. The summed E-state index contributed by atoms with van der Waals surface area (Å²) in [6.45, 7) is 0. The van der Waals surface area contributed by atoms with Gasteiger partial charge in [-0.05, 0) is 18.9 Å². The number of hydrogen-bond donors (Lipinski definition) is 1. The Morgan fingerprint density at radius 1 is 1.12 bits per heavy atom. The number of ether oxygens (including phenoxy) is 1. The van der Waals surface area contributed by atoms with E-state index < -0.39 is 22.9 Å². The molecule has 0 unspecified atom stereocenters. The first kappa shape index (κ1) is 16.6. The summed E-state index contributed by atoms with van der Waals surface area (Å²) in [5, 5.41) is 13.7. The van der Waals surface area contributed by atoms with Crippen molar-refractivity contribution < 1.29 is 19.2 Å². The smallest absolute Gasteiger partial charge is 0.339 e. The standard InChI is InChI=1S/C18H16N2O5/c21-17(19-14-9-10-14)16(12-5-2-1-3-6-12)25-18(22)13-7-4-8-15(11-13)20(23)24/h1-8,11,14,16H,9-10H2,(H,19,21)/t16-/m1/s1. The Morgan fingerprint density at radius 2 is 1.84 bits per heavy atom. The number of carbonyl (C=O) groups is 2. The third-order valence-corrected chi connectivity index (χ3v) is 3.78. The number of carbonyl (C=O) groups excluding carboxylic acids is 2. The Hall–Kier alpha value is -3.22. The van der Waals surface area contributed by atoms with Crippen molar-refractivity contribution in [2.45, 2.75) is 25.0 Å². The zero-order chi connectivity index (χ0) is 17.8. The van der Waals surface area contributed by atoms with E-state index in [4.69, 9.17) is 4.74 Å². The number of esters is 1. The lowest BCUT2D eigenvalue weighted by molar-refractivity contribution is -0.384. The largest absolute Gasteiger partial charge is 0.444 e. The number of rotatable bonds is 6. The summed E-state index contributed by atoms with van der Waals surface area (Å²) >= 11 is 0. The van der Waals surface area contributed by atoms with Gasteiger partial charge in [0.1, 0.15) is 0 Å². The number of non-ortho nitro benzene ring substituents is 1. The molecule has 0 aliphatic heterocycles. The highest BCUT2D eigenvalue weighted by Crippen LogP contribution is 2.24. The normalized spacial score (nSPS) is 14.4. The van der Waals surface area contributed by atoms with Crippen LogP contribution in [0.2, 0.25) is 0 Å². The quantitative estimate of drug-likeness (QED) is 0.495. The Bertz CT molecular complexity index is 802. The molecule has 0 bridgehead atoms. The van der Waals surface area contributed by atoms with E-state index in [1.165, 1.54) is 18.2 Å². The van der Waals surface area contributed by atoms with Crippen molar-refractivity contribution in [3.63, 3.8) is 0 Å². The molecule has 1 aliphatic carbocycles. The fraction of sp³-hybridized carbons (Fsp3) is 0.222. The fourth-order valence-corrected chi connectivity index (χ4v) is 2.33. The van der Waals surface area contributed by atoms with E-state index in [9.17, 15) is 19.7 Å². The summed E-state index contributed by atoms with van der Waals surface area (Å²) in [6, 6.07) is 14.0. The molecule has 1 amide bonds. The van der Waals surface area contributed by atoms with Crippen molar-refractivity contribution in [1.29, 1.82) is 0 Å². The van der Waals surface area contributed by atoms with Gasteiger partial charge in [-0.3, -0.25) is 14.9 Å². The summed E-state index contributed by atoms with van der Waals surface area (Å²) in [6.07, 6.45) is 0.714. The molecule has 3 rings (SSSR count). The average Bonchev–Trinajstić information content (AvgIpc) is 3.44. The van der Waals surface area contributed by atoms with Gasteiger partial charge < -0.3 is 10.1 Å². The van der Waals surface area contributed by atoms with Crippen molar-refractivity contribution in [1.82, 2.24) is 5.32 Å². The molecule has 25 heavy (non-hydrogen) atoms. The summed E-state index contributed by atoms with van der Waals surface area (Å²) in [4.78, 5) is 35.1. The molecular weight excluding hydrogens is 324 g/mol. The second-order valence-corrected chi connectivity index (χ2v) is 5.79. The molecule has 1 saturated carbocycles. The maximum absolute atomic E-state index is 12.4. The number of nitro groups is 1. The SMILES string of the molecule is O=C(O[C@@H](C(=O)NC1CC1)c1ccccc1)c1cccc([N+](=O)[O-])c1. The van der Waals surface area contributed by atoms with Gasteiger partial charge >= 0.3 is 5.97 Å². The molecule has 2 aromatic rings. The fourth-order valence-electron chi connectivity index (χ4n) is 2.33. The van der Waals surface area contributed by atoms with Gasteiger partial charge in [-0.25, -0.2) is 4.79 Å². The topological polar surface area (TPSA) is 98.5 Å². The van der Waals surface area contributed by atoms with Crippen LogP contribution in [0.5, 0.6) is 0 Å². The van der Waals surface area contributed by atoms with Gasteiger partial charge in [-0.15, -0.1) is 0 Å². The van der Waals surface area contributed by atoms with Crippen LogP contribution in [-0.2, 0) is 9.53 Å². The first-order chi connectivity index (χ1) is 12.0. The van der Waals surface area contributed by atoms with Gasteiger partial charge in [-0.2, -0.15) is 0 Å². The highest BCUT2D eigenvalue weighted by atomic mass is 16.6. The average molecular weight is 340 g/mol. The highest BCUT2D eigenvalue weighted by molar-refractivity contribution is 5.93. The van der Waals surface area contributed by atoms with Crippen LogP contribution in [0, 0.1) is 10.1 Å². The van der Waals surface area contributed by atoms with Crippen LogP contribution >= 0.6 is 0 Å². The molecule has 128 valence electrons. The molecular formula is C18H16N2O5. The predicted molar refractivity (Wildman–Crippen MR) is 88.9 cm³/mol. The van der Waals surface area contributed by atoms with Crippen LogP contribution in [0.15, 0.2) is 54.6 Å². The molecule has 1 atom stereocenters. The monoisotopic (exact) mass is 340 g/mol. The molecule has 2 aromatic carbocycles. The third kappa shape index (κ3) is 4.20. The number of hydrogen-bond acceptors (Lipinski definition) is 5. The second-order valence-electron chi connectivity index (χ2n) is 5.79. The maximum Gasteiger partial charge on any atom is 0.339 e. The van der Waals surface area contributed by atoms with Gasteiger partial charge in [0.05, 0.1) is 10.5 Å². The van der Waals surface area contributed by atoms with Crippen LogP contribution < -0.4 is 5.32 Å². The van der Waals surface area contributed by atoms with E-state index in [1.807, 2.05) is 0 Å². The Balaban J connectivity index is 1.81. The molecule has 7 nitrogen and oxygen atoms in total. The molecule has 0 aromatic heterocycles. The Kier molecular flexibility index (Phi) is 4.74. The summed E-state index contributed by atoms with van der Waals surface area (Å²) in [7, 11) is 0. The van der Waals surface area contributed by atoms with Gasteiger partial charge in [0.25, 0.3) is 11.6 Å². The number of amides is 1. The first-order valence-corrected chi connectivity index (χ1v) is 7.85. The molecule has 7 heteroatoms. The van der Waals surface area contributed by atoms with E-state index in [2.05, 4.69) is 5.32 Å². The lowest BCUT2D eigenvalue weighted by Crippen LogP contribution is -2.33. The molecule has 1 fully saturated rings. The Labute approximate surface area is 143 Å². The molecule has 0 spiro atoms. The number of nitrogens with zero attached hydrogens (tertiary/aromatic N) is 1. The summed E-state index contributed by atoms with van der Waals surface area (Å²) < 4.78 is 5.37. The van der Waals surface area contributed by atoms with E-state index in [0.717, 1.165) is 18.9 Å². The van der Waals surface area contributed by atoms with Gasteiger partial charge in [0.2, 0.25) is 6.10 Å². The number of nitrogens with one attached hydrogen (secondary N) is 1. The van der Waals surface area contributed by atoms with Crippen LogP contribution in [0.25, 0.3) is 0 Å². The number of benzene rings is 2.